The molecule has 0 radical (unpaired) electrons. The number of benzene rings is 1. The standard InChI is InChI=1S/C9H5Cl3N2S/c10-4-7-13-14-9(15-7)8-5(11)2-1-3-6(8)12/h1-3H,4H2. The van der Waals surface area contributed by atoms with E-state index in [1.54, 1.807) is 18.2 Å². The maximum Gasteiger partial charge on any atom is 0.150 e. The lowest BCUT2D eigenvalue weighted by molar-refractivity contribution is 1.04. The van der Waals surface area contributed by atoms with Gasteiger partial charge >= 0.3 is 0 Å². The second kappa shape index (κ2) is 4.66. The molecule has 1 aromatic carbocycles. The summed E-state index contributed by atoms with van der Waals surface area (Å²) in [5.74, 6) is 0.347. The van der Waals surface area contributed by atoms with Crippen molar-refractivity contribution in [2.45, 2.75) is 5.88 Å². The lowest BCUT2D eigenvalue weighted by Crippen LogP contribution is -1.80. The zero-order valence-corrected chi connectivity index (χ0v) is 10.5. The minimum absolute atomic E-state index is 0.347. The molecule has 0 unspecified atom stereocenters. The molecule has 78 valence electrons. The molecule has 2 aromatic rings. The Morgan fingerprint density at radius 2 is 1.80 bits per heavy atom. The van der Waals surface area contributed by atoms with Crippen molar-refractivity contribution in [3.8, 4) is 10.6 Å². The van der Waals surface area contributed by atoms with Crippen molar-refractivity contribution in [1.29, 1.82) is 0 Å². The van der Waals surface area contributed by atoms with Gasteiger partial charge in [0.15, 0.2) is 5.01 Å². The van der Waals surface area contributed by atoms with E-state index in [0.29, 0.717) is 20.9 Å². The first-order chi connectivity index (χ1) is 7.22. The zero-order chi connectivity index (χ0) is 10.8. The van der Waals surface area contributed by atoms with Crippen molar-refractivity contribution in [3.63, 3.8) is 0 Å². The smallest absolute Gasteiger partial charge is 0.142 e. The summed E-state index contributed by atoms with van der Waals surface area (Å²) in [6.07, 6.45) is 0. The molecule has 15 heavy (non-hydrogen) atoms. The molecule has 0 saturated heterocycles. The van der Waals surface area contributed by atoms with E-state index in [1.165, 1.54) is 11.3 Å². The third kappa shape index (κ3) is 2.26. The predicted molar refractivity (Wildman–Crippen MR) is 64.9 cm³/mol. The van der Waals surface area contributed by atoms with E-state index in [9.17, 15) is 0 Å². The van der Waals surface area contributed by atoms with Crippen LogP contribution in [-0.4, -0.2) is 10.2 Å². The van der Waals surface area contributed by atoms with Crippen LogP contribution in [0.1, 0.15) is 5.01 Å². The summed E-state index contributed by atoms with van der Waals surface area (Å²) in [5, 5.41) is 10.5. The summed E-state index contributed by atoms with van der Waals surface area (Å²) in [4.78, 5) is 0. The Bertz CT molecular complexity index is 464. The number of hydrogen-bond donors (Lipinski definition) is 0. The molecule has 1 aromatic heterocycles. The first-order valence-electron chi connectivity index (χ1n) is 4.05. The van der Waals surface area contributed by atoms with Crippen LogP contribution in [0.25, 0.3) is 10.6 Å². The van der Waals surface area contributed by atoms with Gasteiger partial charge in [-0.3, -0.25) is 0 Å². The van der Waals surface area contributed by atoms with Crippen LogP contribution in [0.2, 0.25) is 10.0 Å². The van der Waals surface area contributed by atoms with Crippen molar-refractivity contribution < 1.29 is 0 Å². The zero-order valence-electron chi connectivity index (χ0n) is 7.38. The van der Waals surface area contributed by atoms with Gasteiger partial charge in [0, 0.05) is 5.56 Å². The van der Waals surface area contributed by atoms with Crippen LogP contribution in [0.5, 0.6) is 0 Å². The number of nitrogens with zero attached hydrogens (tertiary/aromatic N) is 2. The normalized spacial score (nSPS) is 10.6. The molecule has 0 amide bonds. The Kier molecular flexibility index (Phi) is 3.46. The molecule has 0 aliphatic carbocycles. The summed E-state index contributed by atoms with van der Waals surface area (Å²) in [7, 11) is 0. The summed E-state index contributed by atoms with van der Waals surface area (Å²) in [6, 6.07) is 5.33. The van der Waals surface area contributed by atoms with E-state index >= 15 is 0 Å². The van der Waals surface area contributed by atoms with Gasteiger partial charge in [0.05, 0.1) is 15.9 Å². The molecule has 2 rings (SSSR count). The molecule has 2 nitrogen and oxygen atoms in total. The predicted octanol–water partition coefficient (Wildman–Crippen LogP) is 4.25. The Balaban J connectivity index is 2.53. The van der Waals surface area contributed by atoms with Crippen molar-refractivity contribution >= 4 is 46.1 Å². The minimum atomic E-state index is 0.347. The molecule has 0 bridgehead atoms. The molecular formula is C9H5Cl3N2S. The molecule has 0 N–H and O–H groups in total. The van der Waals surface area contributed by atoms with Gasteiger partial charge in [0.1, 0.15) is 5.01 Å². The molecule has 0 atom stereocenters. The molecular weight excluding hydrogens is 275 g/mol. The van der Waals surface area contributed by atoms with Crippen molar-refractivity contribution in [2.75, 3.05) is 0 Å². The van der Waals surface area contributed by atoms with Gasteiger partial charge in [-0.25, -0.2) is 0 Å². The van der Waals surface area contributed by atoms with Crippen LogP contribution in [0, 0.1) is 0 Å². The average Bonchev–Trinajstić information content (AvgIpc) is 2.66. The highest BCUT2D eigenvalue weighted by molar-refractivity contribution is 7.15. The SMILES string of the molecule is ClCc1nnc(-c2c(Cl)cccc2Cl)s1. The first kappa shape index (κ1) is 11.1. The lowest BCUT2D eigenvalue weighted by Gasteiger charge is -2.01. The summed E-state index contributed by atoms with van der Waals surface area (Å²) in [6.45, 7) is 0. The number of hydrogen-bond acceptors (Lipinski definition) is 3. The van der Waals surface area contributed by atoms with Gasteiger partial charge in [-0.2, -0.15) is 0 Å². The minimum Gasteiger partial charge on any atom is -0.142 e. The molecule has 0 aliphatic rings. The highest BCUT2D eigenvalue weighted by Crippen LogP contribution is 2.36. The van der Waals surface area contributed by atoms with Gasteiger partial charge in [0.2, 0.25) is 0 Å². The molecule has 6 heteroatoms. The van der Waals surface area contributed by atoms with Crippen LogP contribution in [0.4, 0.5) is 0 Å². The van der Waals surface area contributed by atoms with E-state index in [2.05, 4.69) is 10.2 Å². The van der Waals surface area contributed by atoms with Crippen molar-refractivity contribution in [2.24, 2.45) is 0 Å². The lowest BCUT2D eigenvalue weighted by atomic mass is 10.2. The van der Waals surface area contributed by atoms with Crippen molar-refractivity contribution in [3.05, 3.63) is 33.3 Å². The first-order valence-corrected chi connectivity index (χ1v) is 6.16. The van der Waals surface area contributed by atoms with Crippen LogP contribution >= 0.6 is 46.1 Å². The molecule has 0 saturated carbocycles. The summed E-state index contributed by atoms with van der Waals surface area (Å²) < 4.78 is 0. The summed E-state index contributed by atoms with van der Waals surface area (Å²) >= 11 is 19.1. The van der Waals surface area contributed by atoms with E-state index < -0.39 is 0 Å². The van der Waals surface area contributed by atoms with Crippen LogP contribution < -0.4 is 0 Å². The van der Waals surface area contributed by atoms with Gasteiger partial charge in [-0.15, -0.1) is 21.8 Å². The highest BCUT2D eigenvalue weighted by atomic mass is 35.5. The largest absolute Gasteiger partial charge is 0.150 e. The molecule has 0 aliphatic heterocycles. The second-order valence-electron chi connectivity index (χ2n) is 2.73. The van der Waals surface area contributed by atoms with Gasteiger partial charge < -0.3 is 0 Å². The van der Waals surface area contributed by atoms with Crippen LogP contribution in [0.15, 0.2) is 18.2 Å². The molecule has 1 heterocycles. The van der Waals surface area contributed by atoms with Crippen molar-refractivity contribution in [1.82, 2.24) is 10.2 Å². The van der Waals surface area contributed by atoms with Crippen LogP contribution in [-0.2, 0) is 5.88 Å². The van der Waals surface area contributed by atoms with E-state index in [1.807, 2.05) is 0 Å². The quantitative estimate of drug-likeness (QED) is 0.768. The maximum atomic E-state index is 6.04. The Labute approximate surface area is 106 Å². The van der Waals surface area contributed by atoms with E-state index in [4.69, 9.17) is 34.8 Å². The monoisotopic (exact) mass is 278 g/mol. The fraction of sp³-hybridized carbons (Fsp3) is 0.111. The van der Waals surface area contributed by atoms with E-state index in [0.717, 1.165) is 10.6 Å². The number of alkyl halides is 1. The fourth-order valence-electron chi connectivity index (χ4n) is 1.11. The van der Waals surface area contributed by atoms with Gasteiger partial charge in [-0.05, 0) is 12.1 Å². The third-order valence-electron chi connectivity index (χ3n) is 1.76. The number of rotatable bonds is 2. The fourth-order valence-corrected chi connectivity index (χ4v) is 2.78. The molecule has 0 spiro atoms. The topological polar surface area (TPSA) is 25.8 Å². The summed E-state index contributed by atoms with van der Waals surface area (Å²) in [5.41, 5.74) is 0.717. The Morgan fingerprint density at radius 3 is 2.33 bits per heavy atom. The second-order valence-corrected chi connectivity index (χ2v) is 4.87. The van der Waals surface area contributed by atoms with Crippen LogP contribution in [0.3, 0.4) is 0 Å². The number of aromatic nitrogens is 2. The third-order valence-corrected chi connectivity index (χ3v) is 3.74. The van der Waals surface area contributed by atoms with E-state index in [-0.39, 0.29) is 0 Å². The Hall–Kier alpha value is -0.350. The van der Waals surface area contributed by atoms with Gasteiger partial charge in [0.25, 0.3) is 0 Å². The maximum absolute atomic E-state index is 6.04. The highest BCUT2D eigenvalue weighted by Gasteiger charge is 2.12. The molecule has 0 fully saturated rings. The number of halogens is 3. The average molecular weight is 280 g/mol. The van der Waals surface area contributed by atoms with Gasteiger partial charge in [-0.1, -0.05) is 40.6 Å². The Morgan fingerprint density at radius 1 is 1.13 bits per heavy atom.